The Labute approximate surface area is 108 Å². The Morgan fingerprint density at radius 1 is 1.28 bits per heavy atom. The van der Waals surface area contributed by atoms with Gasteiger partial charge >= 0.3 is 0 Å². The van der Waals surface area contributed by atoms with Crippen molar-refractivity contribution in [3.8, 4) is 5.88 Å². The van der Waals surface area contributed by atoms with Gasteiger partial charge in [0.2, 0.25) is 5.88 Å². The van der Waals surface area contributed by atoms with Crippen LogP contribution in [-0.2, 0) is 0 Å². The largest absolute Gasteiger partial charge is 0.477 e. The van der Waals surface area contributed by atoms with Crippen LogP contribution < -0.4 is 15.0 Å². The molecule has 4 nitrogen and oxygen atoms in total. The van der Waals surface area contributed by atoms with Gasteiger partial charge in [0.05, 0.1) is 6.61 Å². The fourth-order valence-corrected chi connectivity index (χ4v) is 2.42. The minimum Gasteiger partial charge on any atom is -0.477 e. The van der Waals surface area contributed by atoms with Crippen LogP contribution in [-0.4, -0.2) is 37.8 Å². The quantitative estimate of drug-likeness (QED) is 0.878. The van der Waals surface area contributed by atoms with Gasteiger partial charge in [-0.05, 0) is 24.8 Å². The van der Waals surface area contributed by atoms with Gasteiger partial charge in [-0.25, -0.2) is 0 Å². The third-order valence-electron chi connectivity index (χ3n) is 3.84. The summed E-state index contributed by atoms with van der Waals surface area (Å²) in [5.74, 6) is 2.58. The number of piperazine rings is 1. The molecule has 3 rings (SSSR count). The van der Waals surface area contributed by atoms with Crippen molar-refractivity contribution < 1.29 is 4.74 Å². The first-order valence-electron chi connectivity index (χ1n) is 6.97. The van der Waals surface area contributed by atoms with E-state index in [-0.39, 0.29) is 0 Å². The Hall–Kier alpha value is -1.29. The minimum atomic E-state index is 0.759. The molecule has 2 heterocycles. The summed E-state index contributed by atoms with van der Waals surface area (Å²) in [6.07, 6.45) is 4.00. The molecule has 2 aliphatic rings. The normalized spacial score (nSPS) is 20.6. The van der Waals surface area contributed by atoms with Crippen molar-refractivity contribution in [2.75, 3.05) is 37.7 Å². The van der Waals surface area contributed by atoms with Crippen molar-refractivity contribution in [3.63, 3.8) is 0 Å². The Bertz CT molecular complexity index is 386. The first-order chi connectivity index (χ1) is 8.92. The number of hydrogen-bond acceptors (Lipinski definition) is 4. The van der Waals surface area contributed by atoms with Gasteiger partial charge in [-0.1, -0.05) is 12.5 Å². The first-order valence-corrected chi connectivity index (χ1v) is 6.97. The van der Waals surface area contributed by atoms with Crippen LogP contribution in [0.1, 0.15) is 19.3 Å². The van der Waals surface area contributed by atoms with Crippen LogP contribution in [0.5, 0.6) is 5.88 Å². The van der Waals surface area contributed by atoms with E-state index in [0.717, 1.165) is 50.4 Å². The van der Waals surface area contributed by atoms with Crippen LogP contribution in [0, 0.1) is 5.92 Å². The second kappa shape index (κ2) is 5.57. The second-order valence-corrected chi connectivity index (χ2v) is 5.18. The van der Waals surface area contributed by atoms with Crippen LogP contribution >= 0.6 is 0 Å². The topological polar surface area (TPSA) is 37.4 Å². The smallest absolute Gasteiger partial charge is 0.215 e. The van der Waals surface area contributed by atoms with Crippen LogP contribution in [0.4, 0.5) is 5.82 Å². The van der Waals surface area contributed by atoms with Crippen molar-refractivity contribution in [2.45, 2.75) is 19.3 Å². The van der Waals surface area contributed by atoms with Gasteiger partial charge in [-0.15, -0.1) is 0 Å². The van der Waals surface area contributed by atoms with Gasteiger partial charge in [0.25, 0.3) is 0 Å². The number of hydrogen-bond donors (Lipinski definition) is 1. The van der Waals surface area contributed by atoms with E-state index in [0.29, 0.717) is 0 Å². The summed E-state index contributed by atoms with van der Waals surface area (Å²) >= 11 is 0. The number of ether oxygens (including phenoxy) is 1. The number of pyridine rings is 1. The first kappa shape index (κ1) is 11.8. The molecule has 0 aromatic carbocycles. The average Bonchev–Trinajstić information content (AvgIpc) is 2.38. The molecule has 4 heteroatoms. The van der Waals surface area contributed by atoms with E-state index in [9.17, 15) is 0 Å². The maximum atomic E-state index is 5.79. The van der Waals surface area contributed by atoms with Crippen molar-refractivity contribution in [2.24, 2.45) is 5.92 Å². The molecule has 1 aliphatic carbocycles. The molecule has 98 valence electrons. The van der Waals surface area contributed by atoms with Crippen molar-refractivity contribution in [1.82, 2.24) is 10.3 Å². The van der Waals surface area contributed by atoms with Crippen LogP contribution in [0.25, 0.3) is 0 Å². The number of rotatable bonds is 4. The molecule has 1 aromatic rings. The standard InChI is InChI=1S/C14H21N3O/c1-3-12(4-1)11-18-14-6-2-5-13(16-14)17-9-7-15-8-10-17/h2,5-6,12,15H,1,3-4,7-11H2. The molecule has 0 spiro atoms. The zero-order valence-electron chi connectivity index (χ0n) is 10.8. The van der Waals surface area contributed by atoms with Gasteiger partial charge in [0.15, 0.2) is 0 Å². The maximum Gasteiger partial charge on any atom is 0.215 e. The summed E-state index contributed by atoms with van der Waals surface area (Å²) in [7, 11) is 0. The second-order valence-electron chi connectivity index (χ2n) is 5.18. The third-order valence-corrected chi connectivity index (χ3v) is 3.84. The lowest BCUT2D eigenvalue weighted by atomic mass is 9.86. The Kier molecular flexibility index (Phi) is 3.64. The number of nitrogens with one attached hydrogen (secondary N) is 1. The summed E-state index contributed by atoms with van der Waals surface area (Å²) in [5.41, 5.74) is 0. The van der Waals surface area contributed by atoms with Gasteiger partial charge in [0.1, 0.15) is 5.82 Å². The third kappa shape index (κ3) is 2.75. The molecule has 1 saturated heterocycles. The fourth-order valence-electron chi connectivity index (χ4n) is 2.42. The molecule has 1 saturated carbocycles. The van der Waals surface area contributed by atoms with Gasteiger partial charge in [0, 0.05) is 32.2 Å². The van der Waals surface area contributed by atoms with E-state index in [2.05, 4.69) is 21.3 Å². The average molecular weight is 247 g/mol. The van der Waals surface area contributed by atoms with Gasteiger partial charge < -0.3 is 15.0 Å². The minimum absolute atomic E-state index is 0.759. The molecule has 0 radical (unpaired) electrons. The molecule has 18 heavy (non-hydrogen) atoms. The summed E-state index contributed by atoms with van der Waals surface area (Å²) < 4.78 is 5.79. The summed E-state index contributed by atoms with van der Waals surface area (Å²) in [6, 6.07) is 6.08. The Morgan fingerprint density at radius 3 is 2.83 bits per heavy atom. The van der Waals surface area contributed by atoms with Crippen LogP contribution in [0.2, 0.25) is 0 Å². The van der Waals surface area contributed by atoms with E-state index >= 15 is 0 Å². The Balaban J connectivity index is 1.60. The highest BCUT2D eigenvalue weighted by molar-refractivity contribution is 5.41. The highest BCUT2D eigenvalue weighted by Crippen LogP contribution is 2.27. The fraction of sp³-hybridized carbons (Fsp3) is 0.643. The molecule has 0 atom stereocenters. The zero-order valence-corrected chi connectivity index (χ0v) is 10.8. The highest BCUT2D eigenvalue weighted by Gasteiger charge is 2.18. The van der Waals surface area contributed by atoms with E-state index in [1.807, 2.05) is 12.1 Å². The molecule has 1 N–H and O–H groups in total. The molecule has 1 aromatic heterocycles. The van der Waals surface area contributed by atoms with Crippen LogP contribution in [0.15, 0.2) is 18.2 Å². The van der Waals surface area contributed by atoms with E-state index < -0.39 is 0 Å². The summed E-state index contributed by atoms with van der Waals surface area (Å²) in [6.45, 7) is 4.96. The number of nitrogens with zero attached hydrogens (tertiary/aromatic N) is 2. The molecule has 0 unspecified atom stereocenters. The van der Waals surface area contributed by atoms with Crippen molar-refractivity contribution in [1.29, 1.82) is 0 Å². The lowest BCUT2D eigenvalue weighted by Crippen LogP contribution is -2.43. The predicted molar refractivity (Wildman–Crippen MR) is 72.2 cm³/mol. The zero-order chi connectivity index (χ0) is 12.2. The van der Waals surface area contributed by atoms with E-state index in [1.54, 1.807) is 0 Å². The Morgan fingerprint density at radius 2 is 2.11 bits per heavy atom. The number of aromatic nitrogens is 1. The van der Waals surface area contributed by atoms with Crippen molar-refractivity contribution >= 4 is 5.82 Å². The highest BCUT2D eigenvalue weighted by atomic mass is 16.5. The molecule has 1 aliphatic heterocycles. The molecule has 0 amide bonds. The maximum absolute atomic E-state index is 5.79. The van der Waals surface area contributed by atoms with Gasteiger partial charge in [-0.2, -0.15) is 4.98 Å². The van der Waals surface area contributed by atoms with E-state index in [4.69, 9.17) is 4.74 Å². The molecule has 2 fully saturated rings. The molecular weight excluding hydrogens is 226 g/mol. The van der Waals surface area contributed by atoms with Crippen molar-refractivity contribution in [3.05, 3.63) is 18.2 Å². The van der Waals surface area contributed by atoms with E-state index in [1.165, 1.54) is 19.3 Å². The predicted octanol–water partition coefficient (Wildman–Crippen LogP) is 1.67. The molecular formula is C14H21N3O. The lowest BCUT2D eigenvalue weighted by Gasteiger charge is -2.29. The number of anilines is 1. The van der Waals surface area contributed by atoms with Gasteiger partial charge in [-0.3, -0.25) is 0 Å². The summed E-state index contributed by atoms with van der Waals surface area (Å²) in [4.78, 5) is 6.91. The molecule has 0 bridgehead atoms. The summed E-state index contributed by atoms with van der Waals surface area (Å²) in [5, 5.41) is 3.35. The monoisotopic (exact) mass is 247 g/mol. The van der Waals surface area contributed by atoms with Crippen LogP contribution in [0.3, 0.4) is 0 Å². The lowest BCUT2D eigenvalue weighted by molar-refractivity contribution is 0.175. The SMILES string of the molecule is c1cc(OCC2CCC2)nc(N2CCNCC2)c1.